The molecule has 2 N–H and O–H groups in total. The van der Waals surface area contributed by atoms with Gasteiger partial charge in [0.25, 0.3) is 5.91 Å². The van der Waals surface area contributed by atoms with Crippen molar-refractivity contribution in [3.63, 3.8) is 0 Å². The molecular weight excluding hydrogens is 344 g/mol. The van der Waals surface area contributed by atoms with Crippen LogP contribution < -0.4 is 16.3 Å². The first-order valence-electron chi connectivity index (χ1n) is 8.54. The average molecular weight is 364 g/mol. The van der Waals surface area contributed by atoms with Gasteiger partial charge in [0.15, 0.2) is 0 Å². The van der Waals surface area contributed by atoms with E-state index in [-0.39, 0.29) is 18.0 Å². The molecule has 0 atom stereocenters. The van der Waals surface area contributed by atoms with Gasteiger partial charge in [-0.05, 0) is 44.0 Å². The average Bonchev–Trinajstić information content (AvgIpc) is 2.62. The smallest absolute Gasteiger partial charge is 0.349 e. The highest BCUT2D eigenvalue weighted by molar-refractivity contribution is 6.00. The van der Waals surface area contributed by atoms with E-state index in [1.54, 1.807) is 24.3 Å². The predicted molar refractivity (Wildman–Crippen MR) is 104 cm³/mol. The van der Waals surface area contributed by atoms with E-state index in [0.29, 0.717) is 11.0 Å². The Labute approximate surface area is 156 Å². The summed E-state index contributed by atoms with van der Waals surface area (Å²) in [6, 6.07) is 12.3. The molecule has 0 saturated heterocycles. The van der Waals surface area contributed by atoms with Gasteiger partial charge in [-0.1, -0.05) is 35.9 Å². The summed E-state index contributed by atoms with van der Waals surface area (Å²) in [6.45, 7) is 5.56. The van der Waals surface area contributed by atoms with E-state index in [4.69, 9.17) is 4.42 Å². The molecule has 3 rings (SSSR count). The summed E-state index contributed by atoms with van der Waals surface area (Å²) in [7, 11) is 0. The number of aryl methyl sites for hydroxylation is 3. The lowest BCUT2D eigenvalue weighted by molar-refractivity contribution is -0.115. The van der Waals surface area contributed by atoms with Crippen molar-refractivity contribution in [1.82, 2.24) is 5.32 Å². The lowest BCUT2D eigenvalue weighted by Crippen LogP contribution is -2.35. The van der Waals surface area contributed by atoms with Crippen molar-refractivity contribution < 1.29 is 14.0 Å². The summed E-state index contributed by atoms with van der Waals surface area (Å²) in [5.41, 5.74) is 3.26. The zero-order chi connectivity index (χ0) is 19.6. The number of rotatable bonds is 4. The van der Waals surface area contributed by atoms with Crippen LogP contribution in [0.1, 0.15) is 27.0 Å². The summed E-state index contributed by atoms with van der Waals surface area (Å²) in [6.07, 6.45) is 0. The molecule has 0 unspecified atom stereocenters. The van der Waals surface area contributed by atoms with Crippen LogP contribution in [0.5, 0.6) is 0 Å². The minimum atomic E-state index is -0.739. The van der Waals surface area contributed by atoms with Gasteiger partial charge in [-0.2, -0.15) is 0 Å². The number of hydrogen-bond acceptors (Lipinski definition) is 4. The maximum absolute atomic E-state index is 12.3. The maximum atomic E-state index is 12.3. The van der Waals surface area contributed by atoms with Crippen LogP contribution in [0.4, 0.5) is 5.69 Å². The van der Waals surface area contributed by atoms with Crippen LogP contribution in [-0.2, 0) is 4.79 Å². The number of fused-ring (bicyclic) bond motifs is 1. The van der Waals surface area contributed by atoms with Crippen LogP contribution in [0.3, 0.4) is 0 Å². The fraction of sp³-hybridized carbons (Fsp3) is 0.190. The highest BCUT2D eigenvalue weighted by atomic mass is 16.4. The Kier molecular flexibility index (Phi) is 5.07. The molecule has 0 spiro atoms. The summed E-state index contributed by atoms with van der Waals surface area (Å²) in [5.74, 6) is -1.02. The molecule has 0 aliphatic carbocycles. The Morgan fingerprint density at radius 2 is 1.67 bits per heavy atom. The number of amides is 2. The predicted octanol–water partition coefficient (Wildman–Crippen LogP) is 3.09. The van der Waals surface area contributed by atoms with E-state index in [0.717, 1.165) is 22.4 Å². The lowest BCUT2D eigenvalue weighted by atomic mass is 10.1. The molecule has 3 aromatic rings. The topological polar surface area (TPSA) is 88.4 Å². The summed E-state index contributed by atoms with van der Waals surface area (Å²) in [4.78, 5) is 36.5. The molecule has 0 fully saturated rings. The first kappa shape index (κ1) is 18.4. The molecule has 6 nitrogen and oxygen atoms in total. The minimum Gasteiger partial charge on any atom is -0.422 e. The molecular formula is C21H20N2O4. The quantitative estimate of drug-likeness (QED) is 0.696. The van der Waals surface area contributed by atoms with Gasteiger partial charge in [-0.15, -0.1) is 0 Å². The van der Waals surface area contributed by atoms with Gasteiger partial charge in [0.05, 0.1) is 6.54 Å². The minimum absolute atomic E-state index is 0.135. The van der Waals surface area contributed by atoms with Crippen molar-refractivity contribution in [3.8, 4) is 0 Å². The zero-order valence-electron chi connectivity index (χ0n) is 15.4. The third kappa shape index (κ3) is 4.06. The molecule has 27 heavy (non-hydrogen) atoms. The largest absolute Gasteiger partial charge is 0.422 e. The van der Waals surface area contributed by atoms with Crippen LogP contribution in [0.25, 0.3) is 11.0 Å². The standard InChI is InChI=1S/C21H20N2O4/c1-12-8-13(2)19(14(3)9-12)23-18(24)11-22-20(25)16-10-15-6-4-5-7-17(15)27-21(16)26/h4-10H,11H2,1-3H3,(H,22,25)(H,23,24). The number of hydrogen-bond donors (Lipinski definition) is 2. The summed E-state index contributed by atoms with van der Waals surface area (Å²) < 4.78 is 5.14. The van der Waals surface area contributed by atoms with E-state index >= 15 is 0 Å². The number of carbonyl (C=O) groups excluding carboxylic acids is 2. The normalized spacial score (nSPS) is 10.6. The van der Waals surface area contributed by atoms with Crippen molar-refractivity contribution in [3.05, 3.63) is 75.1 Å². The van der Waals surface area contributed by atoms with Crippen molar-refractivity contribution in [2.24, 2.45) is 0 Å². The number of nitrogens with one attached hydrogen (secondary N) is 2. The molecule has 6 heteroatoms. The van der Waals surface area contributed by atoms with Crippen molar-refractivity contribution in [2.45, 2.75) is 20.8 Å². The molecule has 138 valence electrons. The second-order valence-corrected chi connectivity index (χ2v) is 6.49. The van der Waals surface area contributed by atoms with Crippen LogP contribution >= 0.6 is 0 Å². The number of para-hydroxylation sites is 1. The SMILES string of the molecule is Cc1cc(C)c(NC(=O)CNC(=O)c2cc3ccccc3oc2=O)c(C)c1. The van der Waals surface area contributed by atoms with Crippen molar-refractivity contribution in [2.75, 3.05) is 11.9 Å². The van der Waals surface area contributed by atoms with Crippen LogP contribution in [0.2, 0.25) is 0 Å². The zero-order valence-corrected chi connectivity index (χ0v) is 15.4. The molecule has 1 heterocycles. The molecule has 0 radical (unpaired) electrons. The Morgan fingerprint density at radius 1 is 1.00 bits per heavy atom. The van der Waals surface area contributed by atoms with Crippen LogP contribution in [0.15, 0.2) is 51.7 Å². The third-order valence-electron chi connectivity index (χ3n) is 4.24. The molecule has 0 aliphatic heterocycles. The van der Waals surface area contributed by atoms with Gasteiger partial charge in [0.2, 0.25) is 5.91 Å². The Hall–Kier alpha value is -3.41. The Bertz CT molecular complexity index is 1080. The van der Waals surface area contributed by atoms with Gasteiger partial charge < -0.3 is 15.1 Å². The van der Waals surface area contributed by atoms with E-state index in [9.17, 15) is 14.4 Å². The van der Waals surface area contributed by atoms with E-state index < -0.39 is 11.5 Å². The highest BCUT2D eigenvalue weighted by Crippen LogP contribution is 2.21. The fourth-order valence-corrected chi connectivity index (χ4v) is 3.04. The fourth-order valence-electron chi connectivity index (χ4n) is 3.04. The summed E-state index contributed by atoms with van der Waals surface area (Å²) >= 11 is 0. The van der Waals surface area contributed by atoms with Gasteiger partial charge in [0, 0.05) is 11.1 Å². The first-order valence-corrected chi connectivity index (χ1v) is 8.54. The molecule has 2 aromatic carbocycles. The number of anilines is 1. The summed E-state index contributed by atoms with van der Waals surface area (Å²) in [5, 5.41) is 5.90. The van der Waals surface area contributed by atoms with Gasteiger partial charge in [-0.3, -0.25) is 9.59 Å². The second-order valence-electron chi connectivity index (χ2n) is 6.49. The van der Waals surface area contributed by atoms with Gasteiger partial charge in [-0.25, -0.2) is 4.79 Å². The Balaban J connectivity index is 1.70. The third-order valence-corrected chi connectivity index (χ3v) is 4.24. The highest BCUT2D eigenvalue weighted by Gasteiger charge is 2.15. The Morgan fingerprint density at radius 3 is 2.37 bits per heavy atom. The molecule has 0 saturated carbocycles. The van der Waals surface area contributed by atoms with Gasteiger partial charge in [0.1, 0.15) is 11.1 Å². The van der Waals surface area contributed by atoms with Crippen molar-refractivity contribution in [1.29, 1.82) is 0 Å². The van der Waals surface area contributed by atoms with E-state index in [2.05, 4.69) is 10.6 Å². The lowest BCUT2D eigenvalue weighted by Gasteiger charge is -2.13. The van der Waals surface area contributed by atoms with Crippen LogP contribution in [-0.4, -0.2) is 18.4 Å². The molecule has 0 bridgehead atoms. The maximum Gasteiger partial charge on any atom is 0.349 e. The van der Waals surface area contributed by atoms with Crippen molar-refractivity contribution >= 4 is 28.5 Å². The van der Waals surface area contributed by atoms with E-state index in [1.165, 1.54) is 6.07 Å². The van der Waals surface area contributed by atoms with Gasteiger partial charge >= 0.3 is 5.63 Å². The number of benzene rings is 2. The molecule has 1 aromatic heterocycles. The first-order chi connectivity index (χ1) is 12.8. The van der Waals surface area contributed by atoms with E-state index in [1.807, 2.05) is 32.9 Å². The van der Waals surface area contributed by atoms with Crippen LogP contribution in [0, 0.1) is 20.8 Å². The molecule has 2 amide bonds. The number of carbonyl (C=O) groups is 2. The second kappa shape index (κ2) is 7.45. The molecule has 0 aliphatic rings. The monoisotopic (exact) mass is 364 g/mol.